The number of fused-ring (bicyclic) bond motifs is 1. The number of ether oxygens (including phenoxy) is 1. The molecule has 0 aliphatic heterocycles. The maximum absolute atomic E-state index is 9.55. The molecule has 0 aromatic heterocycles. The van der Waals surface area contributed by atoms with Gasteiger partial charge in [0, 0.05) is 29.5 Å². The van der Waals surface area contributed by atoms with Crippen LogP contribution in [-0.2, 0) is 4.74 Å². The summed E-state index contributed by atoms with van der Waals surface area (Å²) in [6.07, 6.45) is -0.194. The lowest BCUT2D eigenvalue weighted by Gasteiger charge is -2.21. The van der Waals surface area contributed by atoms with Crippen LogP contribution in [0.1, 0.15) is 6.92 Å². The van der Waals surface area contributed by atoms with Crippen LogP contribution < -0.4 is 10.6 Å². The summed E-state index contributed by atoms with van der Waals surface area (Å²) < 4.78 is 33.9. The minimum Gasteiger partial charge on any atom is -0.394 e. The maximum atomic E-state index is 9.55. The molecule has 0 aliphatic rings. The standard InChI is InChI=1S/C16H24N2O5S/c1-12(10-19)23-11-17-8-9-18-15-6-2-5-14-13(15)4-3-7-16(14)24(20,21)22/h2-7,12,17-22H,8-11H2,1H3. The summed E-state index contributed by atoms with van der Waals surface area (Å²) in [5, 5.41) is 16.6. The van der Waals surface area contributed by atoms with Crippen LogP contribution in [0.15, 0.2) is 41.3 Å². The van der Waals surface area contributed by atoms with E-state index in [9.17, 15) is 13.7 Å². The van der Waals surface area contributed by atoms with Crippen molar-refractivity contribution < 1.29 is 23.5 Å². The fraction of sp³-hybridized carbons (Fsp3) is 0.375. The number of benzene rings is 2. The van der Waals surface area contributed by atoms with Gasteiger partial charge in [-0.05, 0) is 19.1 Å². The molecule has 134 valence electrons. The quantitative estimate of drug-likeness (QED) is 0.302. The van der Waals surface area contributed by atoms with Gasteiger partial charge in [0.25, 0.3) is 0 Å². The molecule has 1 unspecified atom stereocenters. The van der Waals surface area contributed by atoms with Crippen LogP contribution in [-0.4, -0.2) is 51.3 Å². The van der Waals surface area contributed by atoms with Gasteiger partial charge in [-0.1, -0.05) is 24.3 Å². The van der Waals surface area contributed by atoms with E-state index >= 15 is 0 Å². The van der Waals surface area contributed by atoms with Crippen molar-refractivity contribution in [2.24, 2.45) is 0 Å². The second-order valence-corrected chi connectivity index (χ2v) is 6.88. The third-order valence-corrected chi connectivity index (χ3v) is 4.47. The monoisotopic (exact) mass is 356 g/mol. The zero-order valence-corrected chi connectivity index (χ0v) is 14.3. The van der Waals surface area contributed by atoms with E-state index in [2.05, 4.69) is 10.6 Å². The molecule has 0 aliphatic carbocycles. The highest BCUT2D eigenvalue weighted by Gasteiger charge is 2.19. The number of aliphatic hydroxyl groups excluding tert-OH is 1. The molecule has 2 aromatic carbocycles. The Balaban J connectivity index is 1.98. The summed E-state index contributed by atoms with van der Waals surface area (Å²) in [5.74, 6) is 0. The van der Waals surface area contributed by atoms with E-state index in [0.29, 0.717) is 25.2 Å². The molecule has 8 heteroatoms. The van der Waals surface area contributed by atoms with Gasteiger partial charge < -0.3 is 28.8 Å². The van der Waals surface area contributed by atoms with Crippen LogP contribution in [0.2, 0.25) is 0 Å². The van der Waals surface area contributed by atoms with Crippen LogP contribution in [0.5, 0.6) is 0 Å². The molecule has 0 fully saturated rings. The molecule has 0 amide bonds. The van der Waals surface area contributed by atoms with Crippen LogP contribution >= 0.6 is 10.9 Å². The smallest absolute Gasteiger partial charge is 0.113 e. The van der Waals surface area contributed by atoms with Gasteiger partial charge in [0.05, 0.1) is 24.3 Å². The lowest BCUT2D eigenvalue weighted by atomic mass is 10.1. The van der Waals surface area contributed by atoms with Crippen molar-refractivity contribution in [1.82, 2.24) is 5.32 Å². The van der Waals surface area contributed by atoms with Crippen molar-refractivity contribution in [1.29, 1.82) is 0 Å². The van der Waals surface area contributed by atoms with Gasteiger partial charge in [0.15, 0.2) is 0 Å². The lowest BCUT2D eigenvalue weighted by molar-refractivity contribution is 0.0157. The lowest BCUT2D eigenvalue weighted by Crippen LogP contribution is -2.28. The van der Waals surface area contributed by atoms with Crippen LogP contribution in [0.25, 0.3) is 10.8 Å². The van der Waals surface area contributed by atoms with Crippen molar-refractivity contribution in [3.05, 3.63) is 36.4 Å². The topological polar surface area (TPSA) is 114 Å². The van der Waals surface area contributed by atoms with Gasteiger partial charge in [-0.15, -0.1) is 0 Å². The van der Waals surface area contributed by atoms with Crippen LogP contribution in [0, 0.1) is 0 Å². The molecule has 0 saturated carbocycles. The van der Waals surface area contributed by atoms with Gasteiger partial charge in [-0.25, -0.2) is 0 Å². The highest BCUT2D eigenvalue weighted by Crippen LogP contribution is 2.47. The fourth-order valence-corrected chi connectivity index (χ4v) is 3.02. The molecule has 6 N–H and O–H groups in total. The van der Waals surface area contributed by atoms with E-state index in [1.165, 1.54) is 6.07 Å². The molecular formula is C16H24N2O5S. The highest BCUT2D eigenvalue weighted by atomic mass is 32.3. The maximum Gasteiger partial charge on any atom is 0.113 e. The summed E-state index contributed by atoms with van der Waals surface area (Å²) in [5.41, 5.74) is 0.837. The molecule has 0 heterocycles. The van der Waals surface area contributed by atoms with Gasteiger partial charge in [0.1, 0.15) is 10.9 Å². The van der Waals surface area contributed by atoms with E-state index in [0.717, 1.165) is 11.1 Å². The minimum atomic E-state index is -3.77. The van der Waals surface area contributed by atoms with Crippen molar-refractivity contribution >= 4 is 27.3 Å². The van der Waals surface area contributed by atoms with E-state index in [-0.39, 0.29) is 17.6 Å². The molecule has 0 saturated heterocycles. The average Bonchev–Trinajstić information content (AvgIpc) is 2.56. The Morgan fingerprint density at radius 3 is 2.46 bits per heavy atom. The van der Waals surface area contributed by atoms with Gasteiger partial charge >= 0.3 is 0 Å². The first-order valence-corrected chi connectivity index (χ1v) is 9.13. The molecule has 24 heavy (non-hydrogen) atoms. The summed E-state index contributed by atoms with van der Waals surface area (Å²) in [6, 6.07) is 10.4. The molecule has 0 spiro atoms. The third-order valence-electron chi connectivity index (χ3n) is 3.52. The molecule has 1 atom stereocenters. The highest BCUT2D eigenvalue weighted by molar-refractivity contribution is 8.19. The summed E-state index contributed by atoms with van der Waals surface area (Å²) >= 11 is 0. The number of anilines is 1. The van der Waals surface area contributed by atoms with Crippen molar-refractivity contribution in [3.63, 3.8) is 0 Å². The zero-order valence-electron chi connectivity index (χ0n) is 13.5. The molecule has 2 rings (SSSR count). The largest absolute Gasteiger partial charge is 0.394 e. The predicted octanol–water partition coefficient (Wildman–Crippen LogP) is 2.78. The SMILES string of the molecule is CC(CO)OCNCCNc1cccc2c(S(O)(O)O)cccc12. The van der Waals surface area contributed by atoms with Gasteiger partial charge in [-0.2, -0.15) is 0 Å². The minimum absolute atomic E-state index is 0.0116. The first-order chi connectivity index (χ1) is 11.4. The Labute approximate surface area is 142 Å². The molecule has 7 nitrogen and oxygen atoms in total. The molecule has 2 aromatic rings. The van der Waals surface area contributed by atoms with Crippen molar-refractivity contribution in [3.8, 4) is 0 Å². The first-order valence-electron chi connectivity index (χ1n) is 7.63. The Morgan fingerprint density at radius 2 is 1.75 bits per heavy atom. The zero-order chi connectivity index (χ0) is 17.6. The van der Waals surface area contributed by atoms with E-state index < -0.39 is 10.9 Å². The van der Waals surface area contributed by atoms with Crippen LogP contribution in [0.3, 0.4) is 0 Å². The van der Waals surface area contributed by atoms with Crippen molar-refractivity contribution in [2.75, 3.05) is 31.7 Å². The number of hydrogen-bond donors (Lipinski definition) is 6. The van der Waals surface area contributed by atoms with E-state index in [1.807, 2.05) is 12.1 Å². The second kappa shape index (κ2) is 8.63. The fourth-order valence-electron chi connectivity index (χ4n) is 2.29. The number of rotatable bonds is 9. The Bertz CT molecular complexity index is 662. The summed E-state index contributed by atoms with van der Waals surface area (Å²) in [6.45, 7) is 3.43. The average molecular weight is 356 g/mol. The van der Waals surface area contributed by atoms with Crippen molar-refractivity contribution in [2.45, 2.75) is 17.9 Å². The third kappa shape index (κ3) is 5.05. The molecular weight excluding hydrogens is 332 g/mol. The van der Waals surface area contributed by atoms with Crippen LogP contribution in [0.4, 0.5) is 5.69 Å². The molecule has 0 bridgehead atoms. The number of aliphatic hydroxyl groups is 1. The number of hydrogen-bond acceptors (Lipinski definition) is 7. The van der Waals surface area contributed by atoms with Gasteiger partial charge in [-0.3, -0.25) is 5.32 Å². The van der Waals surface area contributed by atoms with E-state index in [4.69, 9.17) is 9.84 Å². The molecule has 0 radical (unpaired) electrons. The Morgan fingerprint density at radius 1 is 1.04 bits per heavy atom. The normalized spacial score (nSPS) is 13.9. The Kier molecular flexibility index (Phi) is 6.81. The predicted molar refractivity (Wildman–Crippen MR) is 96.7 cm³/mol. The summed E-state index contributed by atoms with van der Waals surface area (Å²) in [7, 11) is -3.77. The Hall–Kier alpha value is -1.39. The second-order valence-electron chi connectivity index (χ2n) is 5.41. The van der Waals surface area contributed by atoms with Gasteiger partial charge in [0.2, 0.25) is 0 Å². The number of nitrogens with one attached hydrogen (secondary N) is 2. The first kappa shape index (κ1) is 18.9. The summed E-state index contributed by atoms with van der Waals surface area (Å²) in [4.78, 5) is 0.119. The van der Waals surface area contributed by atoms with E-state index in [1.54, 1.807) is 25.1 Å².